The lowest BCUT2D eigenvalue weighted by Crippen LogP contribution is -2.00. The molecular formula is C17H17N. The zero-order chi connectivity index (χ0) is 12.4. The number of para-hydroxylation sites is 1. The minimum atomic E-state index is 0.589. The minimum Gasteiger partial charge on any atom is -0.253 e. The molecule has 0 amide bonds. The molecule has 2 aromatic carbocycles. The van der Waals surface area contributed by atoms with Gasteiger partial charge in [-0.2, -0.15) is 0 Å². The van der Waals surface area contributed by atoms with Crippen LogP contribution in [0, 0.1) is 0 Å². The van der Waals surface area contributed by atoms with Crippen LogP contribution in [-0.2, 0) is 0 Å². The largest absolute Gasteiger partial charge is 0.253 e. The highest BCUT2D eigenvalue weighted by atomic mass is 14.8. The van der Waals surface area contributed by atoms with E-state index in [0.29, 0.717) is 5.92 Å². The molecule has 1 nitrogen and oxygen atoms in total. The number of fused-ring (bicyclic) bond motifs is 1. The van der Waals surface area contributed by atoms with E-state index in [0.717, 1.165) is 12.1 Å². The molecule has 0 bridgehead atoms. The fourth-order valence-electron chi connectivity index (χ4n) is 2.56. The molecule has 0 spiro atoms. The third-order valence-electron chi connectivity index (χ3n) is 3.64. The van der Waals surface area contributed by atoms with Crippen molar-refractivity contribution in [3.8, 4) is 0 Å². The van der Waals surface area contributed by atoms with Crippen LogP contribution in [-0.4, -0.2) is 5.71 Å². The summed E-state index contributed by atoms with van der Waals surface area (Å²) in [4.78, 5) is 4.88. The SMILES string of the molecule is CC1CCC(c2ccccc2)=Nc2ccccc21. The van der Waals surface area contributed by atoms with Crippen molar-refractivity contribution in [3.05, 3.63) is 65.7 Å². The van der Waals surface area contributed by atoms with Crippen molar-refractivity contribution in [1.29, 1.82) is 0 Å². The first-order chi connectivity index (χ1) is 8.84. The zero-order valence-electron chi connectivity index (χ0n) is 10.6. The number of hydrogen-bond donors (Lipinski definition) is 0. The summed E-state index contributed by atoms with van der Waals surface area (Å²) in [5.41, 5.74) is 4.98. The van der Waals surface area contributed by atoms with Gasteiger partial charge in [-0.15, -0.1) is 0 Å². The molecule has 0 aromatic heterocycles. The summed E-state index contributed by atoms with van der Waals surface area (Å²) in [5.74, 6) is 0.589. The van der Waals surface area contributed by atoms with E-state index >= 15 is 0 Å². The number of aliphatic imine (C=N–C) groups is 1. The van der Waals surface area contributed by atoms with Crippen molar-refractivity contribution >= 4 is 11.4 Å². The van der Waals surface area contributed by atoms with Gasteiger partial charge in [0.25, 0.3) is 0 Å². The Morgan fingerprint density at radius 2 is 1.67 bits per heavy atom. The van der Waals surface area contributed by atoms with Crippen molar-refractivity contribution in [1.82, 2.24) is 0 Å². The lowest BCUT2D eigenvalue weighted by molar-refractivity contribution is 0.712. The van der Waals surface area contributed by atoms with Gasteiger partial charge in [0.05, 0.1) is 5.69 Å². The molecule has 2 aromatic rings. The van der Waals surface area contributed by atoms with Crippen molar-refractivity contribution in [2.45, 2.75) is 25.7 Å². The quantitative estimate of drug-likeness (QED) is 0.679. The molecule has 0 saturated carbocycles. The van der Waals surface area contributed by atoms with Crippen LogP contribution in [0.2, 0.25) is 0 Å². The molecular weight excluding hydrogens is 218 g/mol. The van der Waals surface area contributed by atoms with Crippen molar-refractivity contribution < 1.29 is 0 Å². The molecule has 18 heavy (non-hydrogen) atoms. The van der Waals surface area contributed by atoms with E-state index < -0.39 is 0 Å². The van der Waals surface area contributed by atoms with E-state index in [9.17, 15) is 0 Å². The third-order valence-corrected chi connectivity index (χ3v) is 3.64. The van der Waals surface area contributed by atoms with E-state index in [1.807, 2.05) is 0 Å². The van der Waals surface area contributed by atoms with E-state index in [2.05, 4.69) is 61.5 Å². The van der Waals surface area contributed by atoms with Crippen LogP contribution < -0.4 is 0 Å². The first kappa shape index (κ1) is 11.2. The Bertz CT molecular complexity index is 569. The summed E-state index contributed by atoms with van der Waals surface area (Å²) >= 11 is 0. The normalized spacial score (nSPS) is 18.7. The topological polar surface area (TPSA) is 12.4 Å². The molecule has 0 fully saturated rings. The van der Waals surface area contributed by atoms with Gasteiger partial charge in [0.2, 0.25) is 0 Å². The molecule has 1 heteroatoms. The van der Waals surface area contributed by atoms with Gasteiger partial charge >= 0.3 is 0 Å². The van der Waals surface area contributed by atoms with E-state index in [1.54, 1.807) is 0 Å². The Morgan fingerprint density at radius 3 is 2.50 bits per heavy atom. The van der Waals surface area contributed by atoms with E-state index in [-0.39, 0.29) is 0 Å². The average Bonchev–Trinajstić information content (AvgIpc) is 2.60. The smallest absolute Gasteiger partial charge is 0.0667 e. The maximum atomic E-state index is 4.88. The standard InChI is InChI=1S/C17H17N/c1-13-11-12-16(14-7-3-2-4-8-14)18-17-10-6-5-9-15(13)17/h2-10,13H,11-12H2,1H3. The predicted molar refractivity (Wildman–Crippen MR) is 76.7 cm³/mol. The first-order valence-corrected chi connectivity index (χ1v) is 6.56. The second-order valence-electron chi connectivity index (χ2n) is 4.92. The molecule has 1 unspecified atom stereocenters. The molecule has 0 saturated heterocycles. The third kappa shape index (κ3) is 2.08. The van der Waals surface area contributed by atoms with Crippen LogP contribution in [0.1, 0.15) is 36.8 Å². The lowest BCUT2D eigenvalue weighted by atomic mass is 9.94. The average molecular weight is 235 g/mol. The Labute approximate surface area is 108 Å². The van der Waals surface area contributed by atoms with Crippen LogP contribution >= 0.6 is 0 Å². The van der Waals surface area contributed by atoms with E-state index in [4.69, 9.17) is 4.99 Å². The molecule has 1 heterocycles. The van der Waals surface area contributed by atoms with Gasteiger partial charge in [0, 0.05) is 5.71 Å². The molecule has 1 aliphatic rings. The van der Waals surface area contributed by atoms with Gasteiger partial charge < -0.3 is 0 Å². The van der Waals surface area contributed by atoms with Crippen LogP contribution in [0.5, 0.6) is 0 Å². The maximum absolute atomic E-state index is 4.88. The number of benzene rings is 2. The molecule has 1 atom stereocenters. The van der Waals surface area contributed by atoms with Crippen LogP contribution in [0.25, 0.3) is 0 Å². The number of hydrogen-bond acceptors (Lipinski definition) is 1. The highest BCUT2D eigenvalue weighted by Crippen LogP contribution is 2.34. The van der Waals surface area contributed by atoms with E-state index in [1.165, 1.54) is 23.3 Å². The number of nitrogens with zero attached hydrogens (tertiary/aromatic N) is 1. The predicted octanol–water partition coefficient (Wildman–Crippen LogP) is 4.70. The molecule has 90 valence electrons. The summed E-state index contributed by atoms with van der Waals surface area (Å²) in [5, 5.41) is 0. The summed E-state index contributed by atoms with van der Waals surface area (Å²) < 4.78 is 0. The second-order valence-corrected chi connectivity index (χ2v) is 4.92. The van der Waals surface area contributed by atoms with Crippen LogP contribution in [0.4, 0.5) is 5.69 Å². The van der Waals surface area contributed by atoms with Crippen LogP contribution in [0.3, 0.4) is 0 Å². The Hall–Kier alpha value is -1.89. The minimum absolute atomic E-state index is 0.589. The Morgan fingerprint density at radius 1 is 0.944 bits per heavy atom. The molecule has 3 rings (SSSR count). The molecule has 0 N–H and O–H groups in total. The van der Waals surface area contributed by atoms with Gasteiger partial charge in [0.15, 0.2) is 0 Å². The van der Waals surface area contributed by atoms with Crippen molar-refractivity contribution in [3.63, 3.8) is 0 Å². The van der Waals surface area contributed by atoms with Gasteiger partial charge in [0.1, 0.15) is 0 Å². The van der Waals surface area contributed by atoms with Crippen LogP contribution in [0.15, 0.2) is 59.6 Å². The first-order valence-electron chi connectivity index (χ1n) is 6.56. The summed E-state index contributed by atoms with van der Waals surface area (Å²) in [6.07, 6.45) is 2.23. The second kappa shape index (κ2) is 4.77. The van der Waals surface area contributed by atoms with Gasteiger partial charge in [-0.3, -0.25) is 4.99 Å². The van der Waals surface area contributed by atoms with Gasteiger partial charge in [-0.1, -0.05) is 55.5 Å². The zero-order valence-corrected chi connectivity index (χ0v) is 10.6. The highest BCUT2D eigenvalue weighted by molar-refractivity contribution is 6.02. The fraction of sp³-hybridized carbons (Fsp3) is 0.235. The highest BCUT2D eigenvalue weighted by Gasteiger charge is 2.16. The number of rotatable bonds is 1. The molecule has 1 aliphatic heterocycles. The van der Waals surface area contributed by atoms with Gasteiger partial charge in [-0.05, 0) is 36.0 Å². The maximum Gasteiger partial charge on any atom is 0.0667 e. The van der Waals surface area contributed by atoms with Gasteiger partial charge in [-0.25, -0.2) is 0 Å². The molecule has 0 radical (unpaired) electrons. The summed E-state index contributed by atoms with van der Waals surface area (Å²) in [6, 6.07) is 19.0. The molecule has 0 aliphatic carbocycles. The summed E-state index contributed by atoms with van der Waals surface area (Å²) in [6.45, 7) is 2.29. The Balaban J connectivity index is 2.07. The monoisotopic (exact) mass is 235 g/mol. The fourth-order valence-corrected chi connectivity index (χ4v) is 2.56. The van der Waals surface area contributed by atoms with Crippen molar-refractivity contribution in [2.75, 3.05) is 0 Å². The van der Waals surface area contributed by atoms with Crippen molar-refractivity contribution in [2.24, 2.45) is 4.99 Å². The Kier molecular flexibility index (Phi) is 2.97. The summed E-state index contributed by atoms with van der Waals surface area (Å²) in [7, 11) is 0. The lowest BCUT2D eigenvalue weighted by Gasteiger charge is -2.09.